The van der Waals surface area contributed by atoms with Crippen LogP contribution in [-0.4, -0.2) is 17.5 Å². The Kier molecular flexibility index (Phi) is 4.89. The lowest BCUT2D eigenvalue weighted by Gasteiger charge is -2.09. The van der Waals surface area contributed by atoms with Gasteiger partial charge in [0.2, 0.25) is 0 Å². The molecule has 1 aromatic carbocycles. The molecule has 5 heteroatoms. The van der Waals surface area contributed by atoms with Crippen molar-refractivity contribution in [2.45, 2.75) is 11.8 Å². The van der Waals surface area contributed by atoms with Gasteiger partial charge in [-0.2, -0.15) is 0 Å². The van der Waals surface area contributed by atoms with Gasteiger partial charge in [0.05, 0.1) is 4.47 Å². The lowest BCUT2D eigenvalue weighted by atomic mass is 10.2. The number of anilines is 1. The molecule has 0 fully saturated rings. The monoisotopic (exact) mass is 293 g/mol. The van der Waals surface area contributed by atoms with Crippen LogP contribution in [0, 0.1) is 11.7 Å². The van der Waals surface area contributed by atoms with Crippen LogP contribution in [0.3, 0.4) is 0 Å². The molecule has 0 spiro atoms. The minimum absolute atomic E-state index is 0.148. The van der Waals surface area contributed by atoms with E-state index >= 15 is 0 Å². The number of thioether (sulfide) groups is 1. The molecular formula is C10H13BrFNOS. The van der Waals surface area contributed by atoms with Crippen LogP contribution in [0.1, 0.15) is 6.92 Å². The van der Waals surface area contributed by atoms with Gasteiger partial charge in [-0.3, -0.25) is 0 Å². The van der Waals surface area contributed by atoms with Gasteiger partial charge in [-0.15, -0.1) is 11.8 Å². The molecule has 1 atom stereocenters. The molecule has 15 heavy (non-hydrogen) atoms. The van der Waals surface area contributed by atoms with Crippen LogP contribution in [0.4, 0.5) is 10.1 Å². The molecule has 0 saturated carbocycles. The zero-order valence-electron chi connectivity index (χ0n) is 8.34. The lowest BCUT2D eigenvalue weighted by Crippen LogP contribution is -2.03. The highest BCUT2D eigenvalue weighted by Gasteiger charge is 2.08. The number of hydrogen-bond donors (Lipinski definition) is 2. The Balaban J connectivity index is 2.73. The van der Waals surface area contributed by atoms with Crippen LogP contribution in [0.2, 0.25) is 0 Å². The molecule has 0 saturated heterocycles. The maximum Gasteiger partial charge on any atom is 0.139 e. The van der Waals surface area contributed by atoms with Gasteiger partial charge in [0, 0.05) is 22.9 Å². The molecule has 0 radical (unpaired) electrons. The molecule has 1 unspecified atom stereocenters. The van der Waals surface area contributed by atoms with Crippen molar-refractivity contribution in [3.05, 3.63) is 22.4 Å². The summed E-state index contributed by atoms with van der Waals surface area (Å²) in [6.45, 7) is 2.09. The number of nitrogens with two attached hydrogens (primary N) is 1. The fourth-order valence-electron chi connectivity index (χ4n) is 0.954. The van der Waals surface area contributed by atoms with Gasteiger partial charge in [0.15, 0.2) is 0 Å². The largest absolute Gasteiger partial charge is 0.398 e. The number of rotatable bonds is 4. The van der Waals surface area contributed by atoms with Crippen LogP contribution < -0.4 is 5.73 Å². The summed E-state index contributed by atoms with van der Waals surface area (Å²) in [5.41, 5.74) is 6.11. The maximum absolute atomic E-state index is 13.0. The second-order valence-electron chi connectivity index (χ2n) is 3.40. The molecule has 3 N–H and O–H groups in total. The summed E-state index contributed by atoms with van der Waals surface area (Å²) in [5, 5.41) is 8.87. The van der Waals surface area contributed by atoms with Crippen molar-refractivity contribution in [2.24, 2.45) is 5.92 Å². The number of benzene rings is 1. The van der Waals surface area contributed by atoms with E-state index in [9.17, 15) is 4.39 Å². The Hall–Kier alpha value is -0.260. The first-order valence-corrected chi connectivity index (χ1v) is 6.30. The van der Waals surface area contributed by atoms with Gasteiger partial charge in [0.25, 0.3) is 0 Å². The standard InChI is InChI=1S/C10H13BrFNOS/c1-6(4-14)5-15-10-2-7(11)8(12)3-9(10)13/h2-3,6,14H,4-5,13H2,1H3. The van der Waals surface area contributed by atoms with E-state index in [0.29, 0.717) is 10.2 Å². The summed E-state index contributed by atoms with van der Waals surface area (Å²) in [5.74, 6) is 0.615. The van der Waals surface area contributed by atoms with Gasteiger partial charge in [-0.25, -0.2) is 4.39 Å². The van der Waals surface area contributed by atoms with Crippen LogP contribution in [0.5, 0.6) is 0 Å². The van der Waals surface area contributed by atoms with Crippen LogP contribution in [0.15, 0.2) is 21.5 Å². The lowest BCUT2D eigenvalue weighted by molar-refractivity contribution is 0.250. The summed E-state index contributed by atoms with van der Waals surface area (Å²) in [6.07, 6.45) is 0. The second-order valence-corrected chi connectivity index (χ2v) is 5.32. The number of aliphatic hydroxyl groups excluding tert-OH is 1. The highest BCUT2D eigenvalue weighted by Crippen LogP contribution is 2.31. The summed E-state index contributed by atoms with van der Waals surface area (Å²) >= 11 is 4.63. The molecular weight excluding hydrogens is 281 g/mol. The Bertz CT molecular complexity index is 348. The van der Waals surface area contributed by atoms with Crippen LogP contribution in [-0.2, 0) is 0 Å². The minimum Gasteiger partial charge on any atom is -0.398 e. The van der Waals surface area contributed by atoms with Crippen molar-refractivity contribution < 1.29 is 9.50 Å². The van der Waals surface area contributed by atoms with Crippen molar-refractivity contribution in [3.8, 4) is 0 Å². The normalized spacial score (nSPS) is 12.8. The number of halogens is 2. The third kappa shape index (κ3) is 3.66. The Morgan fingerprint density at radius 2 is 2.27 bits per heavy atom. The first kappa shape index (κ1) is 12.8. The molecule has 0 aliphatic carbocycles. The highest BCUT2D eigenvalue weighted by atomic mass is 79.9. The Morgan fingerprint density at radius 3 is 2.87 bits per heavy atom. The van der Waals surface area contributed by atoms with E-state index in [-0.39, 0.29) is 18.3 Å². The summed E-state index contributed by atoms with van der Waals surface area (Å²) in [4.78, 5) is 0.837. The Labute approximate surface area is 101 Å². The van der Waals surface area contributed by atoms with E-state index in [0.717, 1.165) is 10.6 Å². The van der Waals surface area contributed by atoms with Crippen molar-refractivity contribution in [3.63, 3.8) is 0 Å². The molecule has 1 rings (SSSR count). The van der Waals surface area contributed by atoms with E-state index in [1.807, 2.05) is 6.92 Å². The molecule has 1 aromatic rings. The SMILES string of the molecule is CC(CO)CSc1cc(Br)c(F)cc1N. The number of aliphatic hydroxyl groups is 1. The molecule has 84 valence electrons. The van der Waals surface area contributed by atoms with Gasteiger partial charge in [-0.1, -0.05) is 6.92 Å². The third-order valence-electron chi connectivity index (χ3n) is 1.89. The smallest absolute Gasteiger partial charge is 0.139 e. The van der Waals surface area contributed by atoms with E-state index < -0.39 is 0 Å². The van der Waals surface area contributed by atoms with Crippen molar-refractivity contribution in [1.29, 1.82) is 0 Å². The van der Waals surface area contributed by atoms with E-state index in [1.54, 1.807) is 6.07 Å². The maximum atomic E-state index is 13.0. The topological polar surface area (TPSA) is 46.2 Å². The molecule has 0 amide bonds. The molecule has 0 aromatic heterocycles. The van der Waals surface area contributed by atoms with E-state index in [1.165, 1.54) is 17.8 Å². The molecule has 0 heterocycles. The summed E-state index contributed by atoms with van der Waals surface area (Å²) in [6, 6.07) is 2.97. The predicted octanol–water partition coefficient (Wildman–Crippen LogP) is 2.89. The van der Waals surface area contributed by atoms with Crippen molar-refractivity contribution in [2.75, 3.05) is 18.1 Å². The molecule has 0 aliphatic heterocycles. The molecule has 0 aliphatic rings. The van der Waals surface area contributed by atoms with Gasteiger partial charge in [-0.05, 0) is 34.0 Å². The van der Waals surface area contributed by atoms with E-state index in [2.05, 4.69) is 15.9 Å². The average molecular weight is 294 g/mol. The second kappa shape index (κ2) is 5.72. The zero-order chi connectivity index (χ0) is 11.4. The third-order valence-corrected chi connectivity index (χ3v) is 3.90. The van der Waals surface area contributed by atoms with Crippen molar-refractivity contribution in [1.82, 2.24) is 0 Å². The summed E-state index contributed by atoms with van der Waals surface area (Å²) < 4.78 is 13.5. The fraction of sp³-hybridized carbons (Fsp3) is 0.400. The first-order chi connectivity index (χ1) is 7.04. The summed E-state index contributed by atoms with van der Waals surface area (Å²) in [7, 11) is 0. The number of hydrogen-bond acceptors (Lipinski definition) is 3. The van der Waals surface area contributed by atoms with Crippen LogP contribution in [0.25, 0.3) is 0 Å². The van der Waals surface area contributed by atoms with Gasteiger partial charge < -0.3 is 10.8 Å². The minimum atomic E-state index is -0.355. The quantitative estimate of drug-likeness (QED) is 0.663. The number of nitrogen functional groups attached to an aromatic ring is 1. The van der Waals surface area contributed by atoms with Gasteiger partial charge >= 0.3 is 0 Å². The molecule has 0 bridgehead atoms. The highest BCUT2D eigenvalue weighted by molar-refractivity contribution is 9.10. The van der Waals surface area contributed by atoms with Crippen LogP contribution >= 0.6 is 27.7 Å². The predicted molar refractivity (Wildman–Crippen MR) is 65.5 cm³/mol. The first-order valence-electron chi connectivity index (χ1n) is 4.52. The van der Waals surface area contributed by atoms with Crippen molar-refractivity contribution >= 4 is 33.4 Å². The fourth-order valence-corrected chi connectivity index (χ4v) is 2.44. The molecule has 2 nitrogen and oxygen atoms in total. The Morgan fingerprint density at radius 1 is 1.60 bits per heavy atom. The van der Waals surface area contributed by atoms with Gasteiger partial charge in [0.1, 0.15) is 5.82 Å². The zero-order valence-corrected chi connectivity index (χ0v) is 10.7. The van der Waals surface area contributed by atoms with E-state index in [4.69, 9.17) is 10.8 Å². The average Bonchev–Trinajstić information content (AvgIpc) is 2.21.